The number of carbonyl (C=O) groups excluding carboxylic acids is 1. The molecule has 1 amide bonds. The van der Waals surface area contributed by atoms with Crippen molar-refractivity contribution in [2.24, 2.45) is 0 Å². The van der Waals surface area contributed by atoms with Crippen molar-refractivity contribution >= 4 is 56.4 Å². The van der Waals surface area contributed by atoms with Crippen LogP contribution < -0.4 is 11.1 Å². The maximum atomic E-state index is 12.1. The molecule has 0 spiro atoms. The summed E-state index contributed by atoms with van der Waals surface area (Å²) in [6.45, 7) is 0. The van der Waals surface area contributed by atoms with E-state index in [4.69, 9.17) is 28.9 Å². The number of hydrogen-bond donors (Lipinski definition) is 2. The molecule has 2 aromatic rings. The van der Waals surface area contributed by atoms with Crippen molar-refractivity contribution in [1.29, 1.82) is 0 Å². The third kappa shape index (κ3) is 3.37. The first-order valence-electron chi connectivity index (χ1n) is 5.15. The van der Waals surface area contributed by atoms with Crippen LogP contribution in [-0.4, -0.2) is 10.9 Å². The monoisotopic (exact) mass is 359 g/mol. The summed E-state index contributed by atoms with van der Waals surface area (Å²) in [5.74, 6) is -0.396. The topological polar surface area (TPSA) is 68.0 Å². The minimum Gasteiger partial charge on any atom is -0.397 e. The summed E-state index contributed by atoms with van der Waals surface area (Å²) >= 11 is 15.0. The predicted molar refractivity (Wildman–Crippen MR) is 80.8 cm³/mol. The number of nitrogens with one attached hydrogen (secondary N) is 1. The molecular weight excluding hydrogens is 353 g/mol. The predicted octanol–water partition coefficient (Wildman–Crippen LogP) is 3.99. The normalized spacial score (nSPS) is 10.3. The first kappa shape index (κ1) is 14.1. The van der Waals surface area contributed by atoms with Crippen molar-refractivity contribution in [3.05, 3.63) is 50.7 Å². The highest BCUT2D eigenvalue weighted by Gasteiger charge is 2.13. The van der Waals surface area contributed by atoms with E-state index in [0.717, 1.165) is 0 Å². The van der Waals surface area contributed by atoms with Gasteiger partial charge in [-0.15, -0.1) is 0 Å². The highest BCUT2D eigenvalue weighted by atomic mass is 79.9. The fourth-order valence-corrected chi connectivity index (χ4v) is 2.37. The minimum absolute atomic E-state index is 0.0942. The molecule has 0 atom stereocenters. The van der Waals surface area contributed by atoms with Crippen LogP contribution in [0.5, 0.6) is 0 Å². The molecule has 3 N–H and O–H groups in total. The van der Waals surface area contributed by atoms with E-state index >= 15 is 0 Å². The third-order valence-corrected chi connectivity index (χ3v) is 3.48. The maximum absolute atomic E-state index is 12.1. The van der Waals surface area contributed by atoms with E-state index in [9.17, 15) is 4.79 Å². The Labute approximate surface area is 128 Å². The lowest BCUT2D eigenvalue weighted by molar-refractivity contribution is 0.102. The lowest BCUT2D eigenvalue weighted by Gasteiger charge is -2.09. The van der Waals surface area contributed by atoms with Crippen LogP contribution in [0, 0.1) is 0 Å². The molecule has 0 aliphatic carbocycles. The molecule has 1 heterocycles. The molecule has 1 aromatic carbocycles. The number of rotatable bonds is 2. The number of aromatic nitrogens is 1. The van der Waals surface area contributed by atoms with Crippen molar-refractivity contribution < 1.29 is 4.79 Å². The van der Waals surface area contributed by atoms with Crippen LogP contribution in [0.2, 0.25) is 10.2 Å². The maximum Gasteiger partial charge on any atom is 0.258 e. The molecule has 7 heteroatoms. The van der Waals surface area contributed by atoms with Crippen LogP contribution in [0.4, 0.5) is 11.4 Å². The zero-order valence-electron chi connectivity index (χ0n) is 9.45. The first-order valence-corrected chi connectivity index (χ1v) is 6.69. The zero-order valence-corrected chi connectivity index (χ0v) is 12.6. The molecule has 2 rings (SSSR count). The molecule has 0 radical (unpaired) electrons. The van der Waals surface area contributed by atoms with Crippen LogP contribution in [-0.2, 0) is 0 Å². The van der Waals surface area contributed by atoms with Crippen molar-refractivity contribution in [3.8, 4) is 0 Å². The van der Waals surface area contributed by atoms with Crippen LogP contribution in [0.25, 0.3) is 0 Å². The summed E-state index contributed by atoms with van der Waals surface area (Å²) in [6, 6.07) is 6.49. The van der Waals surface area contributed by atoms with E-state index in [2.05, 4.69) is 26.2 Å². The molecule has 19 heavy (non-hydrogen) atoms. The molecule has 0 aliphatic heterocycles. The Morgan fingerprint density at radius 3 is 2.74 bits per heavy atom. The molecule has 4 nitrogen and oxygen atoms in total. The number of nitrogens with zero attached hydrogens (tertiary/aromatic N) is 1. The van der Waals surface area contributed by atoms with Gasteiger partial charge in [0.15, 0.2) is 0 Å². The Bertz CT molecular complexity index is 649. The standard InChI is InChI=1S/C12H8BrCl2N3O/c13-9-3-6(14)1-2-10(9)18-12(19)8-4-7(16)5-17-11(8)15/h1-5H,16H2,(H,18,19). The van der Waals surface area contributed by atoms with Gasteiger partial charge < -0.3 is 11.1 Å². The number of nitrogens with two attached hydrogens (primary N) is 1. The van der Waals surface area contributed by atoms with E-state index in [1.54, 1.807) is 18.2 Å². The number of halogens is 3. The number of amides is 1. The highest BCUT2D eigenvalue weighted by Crippen LogP contribution is 2.27. The van der Waals surface area contributed by atoms with Gasteiger partial charge in [-0.3, -0.25) is 4.79 Å². The fraction of sp³-hybridized carbons (Fsp3) is 0. The molecule has 0 unspecified atom stereocenters. The number of benzene rings is 1. The molecule has 0 saturated heterocycles. The van der Waals surface area contributed by atoms with E-state index < -0.39 is 5.91 Å². The van der Waals surface area contributed by atoms with Gasteiger partial charge in [0, 0.05) is 9.50 Å². The van der Waals surface area contributed by atoms with E-state index in [1.165, 1.54) is 12.3 Å². The molecule has 0 bridgehead atoms. The smallest absolute Gasteiger partial charge is 0.258 e. The van der Waals surface area contributed by atoms with Crippen LogP contribution in [0.15, 0.2) is 34.9 Å². The van der Waals surface area contributed by atoms with Crippen LogP contribution >= 0.6 is 39.1 Å². The number of carbonyl (C=O) groups is 1. The van der Waals surface area contributed by atoms with Crippen molar-refractivity contribution in [2.75, 3.05) is 11.1 Å². The second kappa shape index (κ2) is 5.77. The number of nitrogen functional groups attached to an aromatic ring is 1. The van der Waals surface area contributed by atoms with E-state index in [1.807, 2.05) is 0 Å². The Morgan fingerprint density at radius 1 is 1.32 bits per heavy atom. The summed E-state index contributed by atoms with van der Waals surface area (Å²) in [4.78, 5) is 15.9. The minimum atomic E-state index is -0.396. The van der Waals surface area contributed by atoms with Crippen LogP contribution in [0.1, 0.15) is 10.4 Å². The van der Waals surface area contributed by atoms with Crippen LogP contribution in [0.3, 0.4) is 0 Å². The average molecular weight is 361 g/mol. The summed E-state index contributed by atoms with van der Waals surface area (Å²) in [6.07, 6.45) is 1.39. The lowest BCUT2D eigenvalue weighted by atomic mass is 10.2. The highest BCUT2D eigenvalue weighted by molar-refractivity contribution is 9.10. The van der Waals surface area contributed by atoms with Gasteiger partial charge in [0.25, 0.3) is 5.91 Å². The SMILES string of the molecule is Nc1cnc(Cl)c(C(=O)Nc2ccc(Cl)cc2Br)c1. The number of pyridine rings is 1. The van der Waals surface area contributed by atoms with Gasteiger partial charge in [-0.1, -0.05) is 23.2 Å². The van der Waals surface area contributed by atoms with Gasteiger partial charge in [-0.2, -0.15) is 0 Å². The largest absolute Gasteiger partial charge is 0.397 e. The van der Waals surface area contributed by atoms with Gasteiger partial charge >= 0.3 is 0 Å². The Kier molecular flexibility index (Phi) is 4.29. The Hall–Kier alpha value is -1.30. The molecule has 98 valence electrons. The van der Waals surface area contributed by atoms with Crippen molar-refractivity contribution in [2.45, 2.75) is 0 Å². The molecule has 0 saturated carbocycles. The third-order valence-electron chi connectivity index (χ3n) is 2.28. The Balaban J connectivity index is 2.28. The molecule has 0 fully saturated rings. The lowest BCUT2D eigenvalue weighted by Crippen LogP contribution is -2.13. The van der Waals surface area contributed by atoms with Gasteiger partial charge in [0.2, 0.25) is 0 Å². The molecular formula is C12H8BrCl2N3O. The summed E-state index contributed by atoms with van der Waals surface area (Å²) in [5, 5.41) is 3.36. The van der Waals surface area contributed by atoms with Crippen molar-refractivity contribution in [1.82, 2.24) is 4.98 Å². The first-order chi connectivity index (χ1) is 8.97. The van der Waals surface area contributed by atoms with Gasteiger partial charge in [0.1, 0.15) is 5.15 Å². The number of anilines is 2. The molecule has 0 aliphatic rings. The molecule has 1 aromatic heterocycles. The van der Waals surface area contributed by atoms with Gasteiger partial charge in [-0.05, 0) is 40.2 Å². The van der Waals surface area contributed by atoms with E-state index in [0.29, 0.717) is 20.9 Å². The number of hydrogen-bond acceptors (Lipinski definition) is 3. The second-order valence-corrected chi connectivity index (χ2v) is 5.33. The van der Waals surface area contributed by atoms with Crippen molar-refractivity contribution in [3.63, 3.8) is 0 Å². The summed E-state index contributed by atoms with van der Waals surface area (Å²) in [7, 11) is 0. The Morgan fingerprint density at radius 2 is 2.05 bits per heavy atom. The average Bonchev–Trinajstić information content (AvgIpc) is 2.35. The zero-order chi connectivity index (χ0) is 14.0. The fourth-order valence-electron chi connectivity index (χ4n) is 1.40. The summed E-state index contributed by atoms with van der Waals surface area (Å²) in [5.41, 5.74) is 6.73. The van der Waals surface area contributed by atoms with Gasteiger partial charge in [-0.25, -0.2) is 4.98 Å². The summed E-state index contributed by atoms with van der Waals surface area (Å²) < 4.78 is 0.668. The van der Waals surface area contributed by atoms with E-state index in [-0.39, 0.29) is 10.7 Å². The van der Waals surface area contributed by atoms with Gasteiger partial charge in [0.05, 0.1) is 23.1 Å². The second-order valence-electron chi connectivity index (χ2n) is 3.69. The quantitative estimate of drug-likeness (QED) is 0.795.